The smallest absolute Gasteiger partial charge is 0.303 e. The van der Waals surface area contributed by atoms with E-state index in [0.717, 1.165) is 31.5 Å². The van der Waals surface area contributed by atoms with Crippen molar-refractivity contribution in [3.05, 3.63) is 11.6 Å². The van der Waals surface area contributed by atoms with Gasteiger partial charge in [0.15, 0.2) is 0 Å². The molecule has 2 N–H and O–H groups in total. The minimum atomic E-state index is -0.748. The number of hydrogen-bond acceptors (Lipinski definition) is 4. The Balaban J connectivity index is 1.51. The van der Waals surface area contributed by atoms with E-state index in [9.17, 15) is 9.59 Å². The lowest BCUT2D eigenvalue weighted by Crippen LogP contribution is -2.39. The van der Waals surface area contributed by atoms with Gasteiger partial charge in [-0.05, 0) is 38.0 Å². The van der Waals surface area contributed by atoms with Gasteiger partial charge in [-0.3, -0.25) is 14.7 Å². The summed E-state index contributed by atoms with van der Waals surface area (Å²) < 4.78 is 0. The Hall–Kier alpha value is -1.92. The summed E-state index contributed by atoms with van der Waals surface area (Å²) in [6, 6.07) is 0. The molecule has 1 aliphatic heterocycles. The maximum atomic E-state index is 12.3. The highest BCUT2D eigenvalue weighted by Gasteiger charge is 2.30. The van der Waals surface area contributed by atoms with Crippen molar-refractivity contribution in [2.75, 3.05) is 13.1 Å². The van der Waals surface area contributed by atoms with E-state index in [4.69, 9.17) is 5.11 Å². The van der Waals surface area contributed by atoms with Crippen LogP contribution in [0.15, 0.2) is 0 Å². The van der Waals surface area contributed by atoms with E-state index in [1.54, 1.807) is 4.90 Å². The molecule has 1 aromatic rings. The van der Waals surface area contributed by atoms with Crippen molar-refractivity contribution >= 4 is 11.9 Å². The maximum Gasteiger partial charge on any atom is 0.303 e. The Morgan fingerprint density at radius 1 is 1.24 bits per heavy atom. The Kier molecular flexibility index (Phi) is 3.90. The van der Waals surface area contributed by atoms with Gasteiger partial charge in [0.05, 0.1) is 0 Å². The van der Waals surface area contributed by atoms with Gasteiger partial charge in [-0.2, -0.15) is 0 Å². The Morgan fingerprint density at radius 2 is 1.95 bits per heavy atom. The minimum Gasteiger partial charge on any atom is -0.481 e. The summed E-state index contributed by atoms with van der Waals surface area (Å²) in [5.41, 5.74) is 0. The Morgan fingerprint density at radius 3 is 2.57 bits per heavy atom. The monoisotopic (exact) mass is 292 g/mol. The second kappa shape index (κ2) is 5.83. The third-order valence-corrected chi connectivity index (χ3v) is 4.33. The number of likely N-dealkylation sites (tertiary alicyclic amines) is 1. The molecular formula is C14H20N4O3. The van der Waals surface area contributed by atoms with Gasteiger partial charge in [-0.1, -0.05) is 0 Å². The van der Waals surface area contributed by atoms with E-state index < -0.39 is 5.97 Å². The van der Waals surface area contributed by atoms with Gasteiger partial charge in [0.2, 0.25) is 5.82 Å². The number of nitrogens with one attached hydrogen (secondary N) is 1. The largest absolute Gasteiger partial charge is 0.481 e. The van der Waals surface area contributed by atoms with Crippen molar-refractivity contribution < 1.29 is 14.7 Å². The van der Waals surface area contributed by atoms with Crippen LogP contribution in [0.2, 0.25) is 0 Å². The van der Waals surface area contributed by atoms with Gasteiger partial charge in [0.1, 0.15) is 5.82 Å². The zero-order valence-electron chi connectivity index (χ0n) is 11.9. The topological polar surface area (TPSA) is 99.2 Å². The van der Waals surface area contributed by atoms with Crippen molar-refractivity contribution in [2.24, 2.45) is 5.92 Å². The van der Waals surface area contributed by atoms with Crippen LogP contribution in [0, 0.1) is 5.92 Å². The molecule has 0 unspecified atom stereocenters. The van der Waals surface area contributed by atoms with Crippen LogP contribution in [-0.2, 0) is 4.79 Å². The molecule has 1 aliphatic carbocycles. The fourth-order valence-electron chi connectivity index (χ4n) is 2.80. The van der Waals surface area contributed by atoms with Gasteiger partial charge in [-0.25, -0.2) is 4.98 Å². The van der Waals surface area contributed by atoms with E-state index in [1.165, 1.54) is 0 Å². The van der Waals surface area contributed by atoms with Crippen molar-refractivity contribution in [2.45, 2.75) is 44.4 Å². The number of carbonyl (C=O) groups is 2. The number of hydrogen-bond donors (Lipinski definition) is 2. The third kappa shape index (κ3) is 3.40. The lowest BCUT2D eigenvalue weighted by molar-refractivity contribution is -0.137. The molecule has 1 aromatic heterocycles. The average molecular weight is 292 g/mol. The van der Waals surface area contributed by atoms with Crippen molar-refractivity contribution in [1.82, 2.24) is 20.1 Å². The lowest BCUT2D eigenvalue weighted by Gasteiger charge is -2.31. The molecule has 0 spiro atoms. The summed E-state index contributed by atoms with van der Waals surface area (Å²) in [7, 11) is 0. The van der Waals surface area contributed by atoms with Crippen LogP contribution >= 0.6 is 0 Å². The molecule has 1 saturated heterocycles. The van der Waals surface area contributed by atoms with Crippen LogP contribution in [-0.4, -0.2) is 50.2 Å². The van der Waals surface area contributed by atoms with Crippen LogP contribution in [0.4, 0.5) is 0 Å². The van der Waals surface area contributed by atoms with Crippen molar-refractivity contribution in [3.8, 4) is 0 Å². The molecule has 1 saturated carbocycles. The first-order valence-electron chi connectivity index (χ1n) is 7.57. The maximum absolute atomic E-state index is 12.3. The number of carboxylic acids is 1. The molecule has 0 aromatic carbocycles. The van der Waals surface area contributed by atoms with Crippen LogP contribution in [0.5, 0.6) is 0 Å². The Bertz CT molecular complexity index is 530. The molecule has 0 radical (unpaired) electrons. The van der Waals surface area contributed by atoms with Crippen LogP contribution < -0.4 is 0 Å². The number of amides is 1. The molecule has 114 valence electrons. The first-order chi connectivity index (χ1) is 10.1. The predicted octanol–water partition coefficient (Wildman–Crippen LogP) is 1.40. The summed E-state index contributed by atoms with van der Waals surface area (Å²) in [6.45, 7) is 1.33. The van der Waals surface area contributed by atoms with Gasteiger partial charge in [0, 0.05) is 25.4 Å². The Labute approximate surface area is 122 Å². The van der Waals surface area contributed by atoms with Crippen molar-refractivity contribution in [3.63, 3.8) is 0 Å². The number of H-pyrrole nitrogens is 1. The van der Waals surface area contributed by atoms with Crippen molar-refractivity contribution in [1.29, 1.82) is 0 Å². The van der Waals surface area contributed by atoms with Crippen LogP contribution in [0.3, 0.4) is 0 Å². The number of rotatable bonds is 5. The molecule has 1 amide bonds. The highest BCUT2D eigenvalue weighted by Crippen LogP contribution is 2.37. The first-order valence-corrected chi connectivity index (χ1v) is 7.57. The van der Waals surface area contributed by atoms with E-state index >= 15 is 0 Å². The number of aromatic nitrogens is 3. The number of nitrogens with zero attached hydrogens (tertiary/aromatic N) is 3. The molecule has 3 rings (SSSR count). The summed E-state index contributed by atoms with van der Waals surface area (Å²) in [6.07, 6.45) is 4.88. The molecule has 7 nitrogen and oxygen atoms in total. The van der Waals surface area contributed by atoms with Crippen LogP contribution in [0.1, 0.15) is 60.9 Å². The van der Waals surface area contributed by atoms with Crippen LogP contribution in [0.25, 0.3) is 0 Å². The standard InChI is InChI=1S/C14H20N4O3/c19-11(20)4-1-9-5-7-18(8-6-9)14(21)13-15-12(16-17-13)10-2-3-10/h9-10H,1-8H2,(H,19,20)(H,15,16,17). The van der Waals surface area contributed by atoms with Gasteiger partial charge >= 0.3 is 5.97 Å². The number of aliphatic carboxylic acids is 1. The molecule has 0 bridgehead atoms. The lowest BCUT2D eigenvalue weighted by atomic mass is 9.92. The number of carboxylic acid groups (broad SMARTS) is 1. The molecule has 2 fully saturated rings. The third-order valence-electron chi connectivity index (χ3n) is 4.33. The molecular weight excluding hydrogens is 272 g/mol. The van der Waals surface area contributed by atoms with E-state index in [1.807, 2.05) is 0 Å². The predicted molar refractivity (Wildman–Crippen MR) is 73.9 cm³/mol. The molecule has 21 heavy (non-hydrogen) atoms. The summed E-state index contributed by atoms with van der Waals surface area (Å²) in [4.78, 5) is 29.0. The quantitative estimate of drug-likeness (QED) is 0.854. The zero-order chi connectivity index (χ0) is 14.8. The van der Waals surface area contributed by atoms with Gasteiger partial charge < -0.3 is 10.0 Å². The number of carbonyl (C=O) groups excluding carboxylic acids is 1. The molecule has 2 aliphatic rings. The normalized spacial score (nSPS) is 19.7. The molecule has 7 heteroatoms. The number of piperidine rings is 1. The zero-order valence-corrected chi connectivity index (χ0v) is 11.9. The summed E-state index contributed by atoms with van der Waals surface area (Å²) in [5.74, 6) is 1.09. The van der Waals surface area contributed by atoms with E-state index in [0.29, 0.717) is 31.3 Å². The van der Waals surface area contributed by atoms with Gasteiger partial charge in [-0.15, -0.1) is 5.10 Å². The highest BCUT2D eigenvalue weighted by atomic mass is 16.4. The minimum absolute atomic E-state index is 0.116. The average Bonchev–Trinajstić information content (AvgIpc) is 3.22. The second-order valence-corrected chi connectivity index (χ2v) is 5.99. The summed E-state index contributed by atoms with van der Waals surface area (Å²) >= 11 is 0. The fourth-order valence-corrected chi connectivity index (χ4v) is 2.80. The SMILES string of the molecule is O=C(O)CCC1CCN(C(=O)c2n[nH]c(C3CC3)n2)CC1. The highest BCUT2D eigenvalue weighted by molar-refractivity contribution is 5.90. The fraction of sp³-hybridized carbons (Fsp3) is 0.714. The van der Waals surface area contributed by atoms with E-state index in [2.05, 4.69) is 15.2 Å². The molecule has 2 heterocycles. The summed E-state index contributed by atoms with van der Waals surface area (Å²) in [5, 5.41) is 15.6. The van der Waals surface area contributed by atoms with Gasteiger partial charge in [0.25, 0.3) is 5.91 Å². The number of aromatic amines is 1. The first kappa shape index (κ1) is 14.0. The second-order valence-electron chi connectivity index (χ2n) is 5.99. The molecule has 0 atom stereocenters. The van der Waals surface area contributed by atoms with E-state index in [-0.39, 0.29) is 18.2 Å².